The first-order valence-electron chi connectivity index (χ1n) is 11.7. The molecular formula is C26H35N5O2. The summed E-state index contributed by atoms with van der Waals surface area (Å²) >= 11 is 0. The van der Waals surface area contributed by atoms with Gasteiger partial charge >= 0.3 is 0 Å². The maximum Gasteiger partial charge on any atom is 0.253 e. The standard InChI is InChI=1S/C26H35N5O2/c1-4-6-8-11-20(5-2)23(18-32)29-25(33)21-14-15-31(17-21)24-19(3)16-27-26(30-24)28-22-12-9-7-10-13-22/h5-6,8,11,14-17,22-23,32H,2,4,7,9-10,12-13,18H2,1,3H3,(H,29,33)(H,27,28,30)/b8-6-,20-11+. The summed E-state index contributed by atoms with van der Waals surface area (Å²) in [4.78, 5) is 22.0. The molecule has 0 spiro atoms. The van der Waals surface area contributed by atoms with E-state index in [1.165, 1.54) is 19.3 Å². The average Bonchev–Trinajstić information content (AvgIpc) is 3.33. The molecule has 1 aliphatic rings. The lowest BCUT2D eigenvalue weighted by molar-refractivity contribution is 0.0927. The lowest BCUT2D eigenvalue weighted by Crippen LogP contribution is -2.38. The Balaban J connectivity index is 1.73. The summed E-state index contributed by atoms with van der Waals surface area (Å²) in [7, 11) is 0. The van der Waals surface area contributed by atoms with Gasteiger partial charge in [-0.1, -0.05) is 57.1 Å². The molecule has 7 nitrogen and oxygen atoms in total. The number of nitrogens with zero attached hydrogens (tertiary/aromatic N) is 3. The van der Waals surface area contributed by atoms with Gasteiger partial charge in [0.15, 0.2) is 0 Å². The number of aromatic nitrogens is 3. The molecule has 0 aromatic carbocycles. The van der Waals surface area contributed by atoms with Crippen LogP contribution >= 0.6 is 0 Å². The molecule has 1 atom stereocenters. The Morgan fingerprint density at radius 3 is 2.85 bits per heavy atom. The van der Waals surface area contributed by atoms with Crippen LogP contribution in [0.3, 0.4) is 0 Å². The van der Waals surface area contributed by atoms with Crippen molar-refractivity contribution in [1.82, 2.24) is 19.9 Å². The van der Waals surface area contributed by atoms with Crippen molar-refractivity contribution in [2.24, 2.45) is 0 Å². The minimum Gasteiger partial charge on any atom is -0.394 e. The molecule has 3 N–H and O–H groups in total. The van der Waals surface area contributed by atoms with Crippen LogP contribution in [0, 0.1) is 6.92 Å². The lowest BCUT2D eigenvalue weighted by atomic mass is 9.96. The number of aliphatic hydroxyl groups is 1. The van der Waals surface area contributed by atoms with E-state index in [0.717, 1.165) is 36.2 Å². The Morgan fingerprint density at radius 1 is 1.36 bits per heavy atom. The van der Waals surface area contributed by atoms with Crippen LogP contribution in [0.4, 0.5) is 5.95 Å². The average molecular weight is 450 g/mol. The highest BCUT2D eigenvalue weighted by molar-refractivity contribution is 5.94. The first-order chi connectivity index (χ1) is 16.0. The minimum atomic E-state index is -0.535. The molecule has 2 aromatic heterocycles. The maximum absolute atomic E-state index is 12.9. The number of nitrogens with one attached hydrogen (secondary N) is 2. The molecule has 3 rings (SSSR count). The van der Waals surface area contributed by atoms with Crippen molar-refractivity contribution in [3.8, 4) is 5.82 Å². The van der Waals surface area contributed by atoms with Crippen molar-refractivity contribution in [2.75, 3.05) is 11.9 Å². The van der Waals surface area contributed by atoms with E-state index < -0.39 is 6.04 Å². The van der Waals surface area contributed by atoms with Crippen molar-refractivity contribution >= 4 is 11.9 Å². The number of aliphatic hydroxyl groups excluding tert-OH is 1. The van der Waals surface area contributed by atoms with Crippen LogP contribution in [-0.4, -0.2) is 44.2 Å². The molecule has 7 heteroatoms. The summed E-state index contributed by atoms with van der Waals surface area (Å²) in [6.45, 7) is 7.58. The largest absolute Gasteiger partial charge is 0.394 e. The molecule has 2 heterocycles. The smallest absolute Gasteiger partial charge is 0.253 e. The van der Waals surface area contributed by atoms with E-state index in [1.54, 1.807) is 24.5 Å². The van der Waals surface area contributed by atoms with Crippen molar-refractivity contribution in [3.63, 3.8) is 0 Å². The predicted octanol–water partition coefficient (Wildman–Crippen LogP) is 4.49. The zero-order valence-electron chi connectivity index (χ0n) is 19.6. The zero-order valence-corrected chi connectivity index (χ0v) is 19.6. The van der Waals surface area contributed by atoms with Crippen LogP contribution in [0.5, 0.6) is 0 Å². The van der Waals surface area contributed by atoms with Gasteiger partial charge in [0, 0.05) is 30.2 Å². The molecule has 0 saturated heterocycles. The molecule has 1 aliphatic carbocycles. The van der Waals surface area contributed by atoms with Gasteiger partial charge in [0.05, 0.1) is 18.2 Å². The Kier molecular flexibility index (Phi) is 9.01. The number of amides is 1. The van der Waals surface area contributed by atoms with Gasteiger partial charge in [0.2, 0.25) is 5.95 Å². The van der Waals surface area contributed by atoms with E-state index in [1.807, 2.05) is 42.8 Å². The van der Waals surface area contributed by atoms with Crippen molar-refractivity contribution in [1.29, 1.82) is 0 Å². The van der Waals surface area contributed by atoms with Gasteiger partial charge in [-0.25, -0.2) is 4.98 Å². The predicted molar refractivity (Wildman–Crippen MR) is 133 cm³/mol. The summed E-state index contributed by atoms with van der Waals surface area (Å²) < 4.78 is 1.83. The number of rotatable bonds is 10. The van der Waals surface area contributed by atoms with E-state index in [4.69, 9.17) is 4.98 Å². The highest BCUT2D eigenvalue weighted by Crippen LogP contribution is 2.21. The number of carbonyl (C=O) groups is 1. The molecule has 33 heavy (non-hydrogen) atoms. The van der Waals surface area contributed by atoms with Crippen LogP contribution < -0.4 is 10.6 Å². The second-order valence-corrected chi connectivity index (χ2v) is 8.40. The summed E-state index contributed by atoms with van der Waals surface area (Å²) in [5.74, 6) is 1.08. The van der Waals surface area contributed by atoms with Gasteiger partial charge in [0.1, 0.15) is 5.82 Å². The maximum atomic E-state index is 12.9. The van der Waals surface area contributed by atoms with Gasteiger partial charge in [-0.2, -0.15) is 4.98 Å². The number of carbonyl (C=O) groups excluding carboxylic acids is 1. The number of aryl methyl sites for hydroxylation is 1. The van der Waals surface area contributed by atoms with Gasteiger partial charge in [-0.3, -0.25) is 4.79 Å². The Labute approximate surface area is 196 Å². The van der Waals surface area contributed by atoms with E-state index in [0.29, 0.717) is 17.6 Å². The van der Waals surface area contributed by atoms with E-state index in [-0.39, 0.29) is 12.5 Å². The normalized spacial score (nSPS) is 16.0. The summed E-state index contributed by atoms with van der Waals surface area (Å²) in [6.07, 6.45) is 19.7. The third-order valence-corrected chi connectivity index (χ3v) is 5.87. The van der Waals surface area contributed by atoms with Crippen LogP contribution in [0.2, 0.25) is 0 Å². The molecule has 0 aliphatic heterocycles. The third kappa shape index (κ3) is 6.65. The molecule has 2 aromatic rings. The molecule has 1 saturated carbocycles. The zero-order chi connectivity index (χ0) is 23.6. The number of hydrogen-bond acceptors (Lipinski definition) is 5. The fraction of sp³-hybridized carbons (Fsp3) is 0.423. The number of allylic oxidation sites excluding steroid dienone is 3. The molecular weight excluding hydrogens is 414 g/mol. The summed E-state index contributed by atoms with van der Waals surface area (Å²) in [5, 5.41) is 16.2. The van der Waals surface area contributed by atoms with Crippen molar-refractivity contribution in [2.45, 2.75) is 64.5 Å². The molecule has 1 fully saturated rings. The quantitative estimate of drug-likeness (QED) is 0.465. The number of anilines is 1. The van der Waals surface area contributed by atoms with Crippen molar-refractivity contribution < 1.29 is 9.90 Å². The first kappa shape index (κ1) is 24.5. The van der Waals surface area contributed by atoms with Gasteiger partial charge in [-0.15, -0.1) is 0 Å². The van der Waals surface area contributed by atoms with Crippen molar-refractivity contribution in [3.05, 3.63) is 72.2 Å². The third-order valence-electron chi connectivity index (χ3n) is 5.87. The Hall–Kier alpha value is -3.19. The van der Waals surface area contributed by atoms with E-state index in [9.17, 15) is 9.90 Å². The highest BCUT2D eigenvalue weighted by atomic mass is 16.3. The Morgan fingerprint density at radius 2 is 2.15 bits per heavy atom. The second-order valence-electron chi connectivity index (χ2n) is 8.40. The van der Waals surface area contributed by atoms with Gasteiger partial charge < -0.3 is 20.3 Å². The van der Waals surface area contributed by atoms with Crippen LogP contribution in [0.25, 0.3) is 5.82 Å². The van der Waals surface area contributed by atoms with Gasteiger partial charge in [0.25, 0.3) is 5.91 Å². The lowest BCUT2D eigenvalue weighted by Gasteiger charge is -2.23. The molecule has 1 unspecified atom stereocenters. The number of hydrogen-bond donors (Lipinski definition) is 3. The fourth-order valence-electron chi connectivity index (χ4n) is 3.97. The summed E-state index contributed by atoms with van der Waals surface area (Å²) in [5.41, 5.74) is 2.15. The molecule has 176 valence electrons. The second kappa shape index (κ2) is 12.2. The SMILES string of the molecule is C=C/C(=C\C=C/CC)C(CO)NC(=O)c1ccn(-c2nc(NC3CCCCC3)ncc2C)c1. The summed E-state index contributed by atoms with van der Waals surface area (Å²) in [6, 6.07) is 1.62. The fourth-order valence-corrected chi connectivity index (χ4v) is 3.97. The first-order valence-corrected chi connectivity index (χ1v) is 11.7. The van der Waals surface area contributed by atoms with E-state index >= 15 is 0 Å². The van der Waals surface area contributed by atoms with E-state index in [2.05, 4.69) is 22.2 Å². The van der Waals surface area contributed by atoms with Gasteiger partial charge in [-0.05, 0) is 37.8 Å². The van der Waals surface area contributed by atoms with Crippen LogP contribution in [0.15, 0.2) is 61.1 Å². The highest BCUT2D eigenvalue weighted by Gasteiger charge is 2.18. The molecule has 0 bridgehead atoms. The monoisotopic (exact) mass is 449 g/mol. The minimum absolute atomic E-state index is 0.217. The Bertz CT molecular complexity index is 1000. The van der Waals surface area contributed by atoms with Crippen LogP contribution in [-0.2, 0) is 0 Å². The molecule has 0 radical (unpaired) electrons. The van der Waals surface area contributed by atoms with Crippen LogP contribution in [0.1, 0.15) is 61.4 Å². The topological polar surface area (TPSA) is 92.1 Å². The molecule has 1 amide bonds.